The molecule has 0 amide bonds. The first kappa shape index (κ1) is 12.1. The van der Waals surface area contributed by atoms with Gasteiger partial charge in [-0.05, 0) is 26.0 Å². The number of thiazole rings is 1. The predicted molar refractivity (Wildman–Crippen MR) is 69.4 cm³/mol. The van der Waals surface area contributed by atoms with Gasteiger partial charge in [-0.25, -0.2) is 4.98 Å². The molecule has 0 fully saturated rings. The third-order valence-corrected chi connectivity index (χ3v) is 3.62. The van der Waals surface area contributed by atoms with Crippen LogP contribution in [-0.2, 0) is 6.61 Å². The Labute approximate surface area is 105 Å². The van der Waals surface area contributed by atoms with Gasteiger partial charge in [0, 0.05) is 5.56 Å². The van der Waals surface area contributed by atoms with E-state index in [4.69, 9.17) is 9.84 Å². The molecular weight excluding hydrogens is 234 g/mol. The summed E-state index contributed by atoms with van der Waals surface area (Å²) >= 11 is 1.52. The van der Waals surface area contributed by atoms with E-state index in [0.29, 0.717) is 6.61 Å². The van der Waals surface area contributed by atoms with Crippen molar-refractivity contribution in [1.29, 1.82) is 0 Å². The van der Waals surface area contributed by atoms with Crippen LogP contribution in [0.5, 0.6) is 5.75 Å². The van der Waals surface area contributed by atoms with Crippen LogP contribution < -0.4 is 4.74 Å². The molecule has 0 unspecified atom stereocenters. The molecule has 0 saturated heterocycles. The average Bonchev–Trinajstić information content (AvgIpc) is 2.71. The van der Waals surface area contributed by atoms with E-state index >= 15 is 0 Å². The minimum atomic E-state index is 0.0502. The molecule has 0 saturated carbocycles. The van der Waals surface area contributed by atoms with Crippen molar-refractivity contribution in [2.75, 3.05) is 6.61 Å². The molecule has 2 aromatic rings. The van der Waals surface area contributed by atoms with Crippen LogP contribution in [0.1, 0.15) is 17.5 Å². The Morgan fingerprint density at radius 3 is 2.88 bits per heavy atom. The number of hydrogen-bond donors (Lipinski definition) is 1. The van der Waals surface area contributed by atoms with Crippen LogP contribution >= 0.6 is 11.3 Å². The van der Waals surface area contributed by atoms with Crippen molar-refractivity contribution in [1.82, 2.24) is 4.98 Å². The largest absolute Gasteiger partial charge is 0.494 e. The Morgan fingerprint density at radius 1 is 1.41 bits per heavy atom. The zero-order valence-corrected chi connectivity index (χ0v) is 10.8. The Kier molecular flexibility index (Phi) is 3.76. The van der Waals surface area contributed by atoms with E-state index in [1.54, 1.807) is 0 Å². The zero-order chi connectivity index (χ0) is 12.3. The van der Waals surface area contributed by atoms with Crippen molar-refractivity contribution in [2.24, 2.45) is 0 Å². The highest BCUT2D eigenvalue weighted by molar-refractivity contribution is 7.15. The molecule has 3 nitrogen and oxygen atoms in total. The number of rotatable bonds is 4. The van der Waals surface area contributed by atoms with Crippen molar-refractivity contribution in [2.45, 2.75) is 20.5 Å². The molecule has 90 valence electrons. The fourth-order valence-electron chi connectivity index (χ4n) is 1.58. The van der Waals surface area contributed by atoms with Crippen LogP contribution in [0.4, 0.5) is 0 Å². The second-order valence-electron chi connectivity index (χ2n) is 3.65. The minimum Gasteiger partial charge on any atom is -0.494 e. The number of nitrogens with zero attached hydrogens (tertiary/aromatic N) is 1. The van der Waals surface area contributed by atoms with Crippen LogP contribution in [0.25, 0.3) is 10.6 Å². The number of hydrogen-bond acceptors (Lipinski definition) is 4. The van der Waals surface area contributed by atoms with Gasteiger partial charge in [-0.1, -0.05) is 12.1 Å². The molecule has 0 bridgehead atoms. The van der Waals surface area contributed by atoms with Crippen molar-refractivity contribution in [3.8, 4) is 16.3 Å². The van der Waals surface area contributed by atoms with Crippen molar-refractivity contribution >= 4 is 11.3 Å². The number of aryl methyl sites for hydroxylation is 1. The molecule has 0 spiro atoms. The summed E-state index contributed by atoms with van der Waals surface area (Å²) in [7, 11) is 0. The highest BCUT2D eigenvalue weighted by atomic mass is 32.1. The van der Waals surface area contributed by atoms with E-state index in [-0.39, 0.29) is 6.61 Å². The molecule has 1 N–H and O–H groups in total. The maximum atomic E-state index is 9.16. The molecule has 0 aliphatic rings. The fourth-order valence-corrected chi connectivity index (χ4v) is 2.50. The van der Waals surface area contributed by atoms with E-state index in [2.05, 4.69) is 4.98 Å². The van der Waals surface area contributed by atoms with Gasteiger partial charge in [0.15, 0.2) is 0 Å². The maximum absolute atomic E-state index is 9.16. The third-order valence-electron chi connectivity index (χ3n) is 2.43. The van der Waals surface area contributed by atoms with Crippen molar-refractivity contribution in [3.63, 3.8) is 0 Å². The number of aromatic nitrogens is 1. The van der Waals surface area contributed by atoms with E-state index in [1.807, 2.05) is 38.1 Å². The first-order valence-electron chi connectivity index (χ1n) is 5.55. The number of aliphatic hydroxyl groups is 1. The van der Waals surface area contributed by atoms with Gasteiger partial charge in [-0.2, -0.15) is 0 Å². The molecular formula is C13H15NO2S. The SMILES string of the molecule is CCOc1cccc(-c2nc(C)c(CO)s2)c1. The lowest BCUT2D eigenvalue weighted by Gasteiger charge is -2.03. The minimum absolute atomic E-state index is 0.0502. The molecule has 0 atom stereocenters. The highest BCUT2D eigenvalue weighted by Crippen LogP contribution is 2.29. The van der Waals surface area contributed by atoms with Crippen molar-refractivity contribution < 1.29 is 9.84 Å². The van der Waals surface area contributed by atoms with Gasteiger partial charge in [0.1, 0.15) is 10.8 Å². The number of ether oxygens (including phenoxy) is 1. The topological polar surface area (TPSA) is 42.4 Å². The summed E-state index contributed by atoms with van der Waals surface area (Å²) in [5.41, 5.74) is 1.93. The Morgan fingerprint density at radius 2 is 2.24 bits per heavy atom. The third kappa shape index (κ3) is 2.65. The molecule has 0 aliphatic carbocycles. The normalized spacial score (nSPS) is 10.5. The standard InChI is InChI=1S/C13H15NO2S/c1-3-16-11-6-4-5-10(7-11)13-14-9(2)12(8-15)17-13/h4-7,15H,3,8H2,1-2H3. The first-order chi connectivity index (χ1) is 8.24. The maximum Gasteiger partial charge on any atom is 0.124 e. The summed E-state index contributed by atoms with van der Waals surface area (Å²) < 4.78 is 5.46. The molecule has 1 aromatic carbocycles. The van der Waals surface area contributed by atoms with E-state index in [1.165, 1.54) is 11.3 Å². The van der Waals surface area contributed by atoms with Crippen LogP contribution in [0.2, 0.25) is 0 Å². The van der Waals surface area contributed by atoms with E-state index in [9.17, 15) is 0 Å². The van der Waals surface area contributed by atoms with Gasteiger partial charge < -0.3 is 9.84 Å². The Bertz CT molecular complexity index is 508. The van der Waals surface area contributed by atoms with Gasteiger partial charge in [0.25, 0.3) is 0 Å². The monoisotopic (exact) mass is 249 g/mol. The van der Waals surface area contributed by atoms with Gasteiger partial charge in [0.05, 0.1) is 23.8 Å². The van der Waals surface area contributed by atoms with E-state index in [0.717, 1.165) is 26.9 Å². The number of benzene rings is 1. The summed E-state index contributed by atoms with van der Waals surface area (Å²) in [6.45, 7) is 4.58. The van der Waals surface area contributed by atoms with Crippen LogP contribution in [0.3, 0.4) is 0 Å². The second-order valence-corrected chi connectivity index (χ2v) is 4.73. The summed E-state index contributed by atoms with van der Waals surface area (Å²) in [6.07, 6.45) is 0. The van der Waals surface area contributed by atoms with Gasteiger partial charge >= 0.3 is 0 Å². The van der Waals surface area contributed by atoms with Gasteiger partial charge in [0.2, 0.25) is 0 Å². The van der Waals surface area contributed by atoms with Gasteiger partial charge in [-0.3, -0.25) is 0 Å². The molecule has 17 heavy (non-hydrogen) atoms. The molecule has 1 aromatic heterocycles. The summed E-state index contributed by atoms with van der Waals surface area (Å²) in [6, 6.07) is 7.86. The summed E-state index contributed by atoms with van der Waals surface area (Å²) in [5.74, 6) is 0.850. The Balaban J connectivity index is 2.34. The molecule has 0 aliphatic heterocycles. The lowest BCUT2D eigenvalue weighted by atomic mass is 10.2. The molecule has 1 heterocycles. The van der Waals surface area contributed by atoms with Crippen LogP contribution in [0.15, 0.2) is 24.3 Å². The number of aliphatic hydroxyl groups excluding tert-OH is 1. The van der Waals surface area contributed by atoms with Crippen LogP contribution in [-0.4, -0.2) is 16.7 Å². The van der Waals surface area contributed by atoms with Gasteiger partial charge in [-0.15, -0.1) is 11.3 Å². The summed E-state index contributed by atoms with van der Waals surface area (Å²) in [4.78, 5) is 5.37. The lowest BCUT2D eigenvalue weighted by Crippen LogP contribution is -1.91. The second kappa shape index (κ2) is 5.29. The van der Waals surface area contributed by atoms with Crippen LogP contribution in [0, 0.1) is 6.92 Å². The summed E-state index contributed by atoms with van der Waals surface area (Å²) in [5, 5.41) is 10.1. The quantitative estimate of drug-likeness (QED) is 0.905. The molecule has 4 heteroatoms. The average molecular weight is 249 g/mol. The molecule has 2 rings (SSSR count). The smallest absolute Gasteiger partial charge is 0.124 e. The molecule has 0 radical (unpaired) electrons. The lowest BCUT2D eigenvalue weighted by molar-refractivity contribution is 0.284. The highest BCUT2D eigenvalue weighted by Gasteiger charge is 2.09. The van der Waals surface area contributed by atoms with Crippen molar-refractivity contribution in [3.05, 3.63) is 34.8 Å². The Hall–Kier alpha value is -1.39. The first-order valence-corrected chi connectivity index (χ1v) is 6.36. The van der Waals surface area contributed by atoms with E-state index < -0.39 is 0 Å². The fraction of sp³-hybridized carbons (Fsp3) is 0.308. The predicted octanol–water partition coefficient (Wildman–Crippen LogP) is 3.01. The zero-order valence-electron chi connectivity index (χ0n) is 9.93.